The van der Waals surface area contributed by atoms with Crippen molar-refractivity contribution in [2.45, 2.75) is 52.1 Å². The molecule has 2 rings (SSSR count). The van der Waals surface area contributed by atoms with Gasteiger partial charge in [0.1, 0.15) is 0 Å². The van der Waals surface area contributed by atoms with Gasteiger partial charge in [-0.05, 0) is 38.1 Å². The Labute approximate surface area is 120 Å². The van der Waals surface area contributed by atoms with Gasteiger partial charge in [-0.15, -0.1) is 23.7 Å². The number of nitrogen functional groups attached to an aromatic ring is 1. The third-order valence-electron chi connectivity index (χ3n) is 3.91. The van der Waals surface area contributed by atoms with E-state index in [0.717, 1.165) is 12.6 Å². The molecule has 0 saturated heterocycles. The molecule has 1 saturated carbocycles. The minimum Gasteiger partial charge on any atom is -0.375 e. The van der Waals surface area contributed by atoms with Crippen molar-refractivity contribution < 1.29 is 0 Å². The smallest absolute Gasteiger partial charge is 0.180 e. The molecule has 0 aliphatic heterocycles. The molecule has 104 valence electrons. The molecule has 1 aromatic heterocycles. The molecular formula is C13H24ClN3S. The third kappa shape index (κ3) is 4.11. The number of hydrogen-bond donors (Lipinski definition) is 1. The van der Waals surface area contributed by atoms with Crippen LogP contribution < -0.4 is 5.73 Å². The van der Waals surface area contributed by atoms with Gasteiger partial charge in [0.15, 0.2) is 5.13 Å². The van der Waals surface area contributed by atoms with Crippen LogP contribution in [0.3, 0.4) is 0 Å². The summed E-state index contributed by atoms with van der Waals surface area (Å²) in [4.78, 5) is 7.84. The minimum atomic E-state index is 0. The predicted octanol–water partition coefficient (Wildman–Crippen LogP) is 3.55. The third-order valence-corrected chi connectivity index (χ3v) is 4.72. The van der Waals surface area contributed by atoms with Crippen LogP contribution >= 0.6 is 23.7 Å². The Morgan fingerprint density at radius 2 is 2.06 bits per heavy atom. The summed E-state index contributed by atoms with van der Waals surface area (Å²) in [5, 5.41) is 0.679. The maximum Gasteiger partial charge on any atom is 0.180 e. The van der Waals surface area contributed by atoms with Crippen LogP contribution in [-0.4, -0.2) is 23.0 Å². The molecule has 0 radical (unpaired) electrons. The zero-order chi connectivity index (χ0) is 12.5. The van der Waals surface area contributed by atoms with Gasteiger partial charge in [0, 0.05) is 23.7 Å². The first-order valence-electron chi connectivity index (χ1n) is 6.37. The van der Waals surface area contributed by atoms with Crippen LogP contribution in [0, 0.1) is 5.41 Å². The number of anilines is 1. The second-order valence-electron chi connectivity index (χ2n) is 5.98. The summed E-state index contributed by atoms with van der Waals surface area (Å²) >= 11 is 1.60. The molecule has 0 aromatic carbocycles. The van der Waals surface area contributed by atoms with Crippen molar-refractivity contribution in [3.05, 3.63) is 11.1 Å². The van der Waals surface area contributed by atoms with Gasteiger partial charge in [-0.1, -0.05) is 13.8 Å². The molecule has 1 aromatic rings. The zero-order valence-electron chi connectivity index (χ0n) is 11.5. The number of aromatic nitrogens is 1. The lowest BCUT2D eigenvalue weighted by molar-refractivity contribution is 0.123. The average molecular weight is 290 g/mol. The summed E-state index contributed by atoms with van der Waals surface area (Å²) in [7, 11) is 2.22. The molecule has 1 aliphatic rings. The molecule has 5 heteroatoms. The van der Waals surface area contributed by atoms with Gasteiger partial charge in [-0.25, -0.2) is 4.98 Å². The molecule has 1 fully saturated rings. The molecule has 0 atom stereocenters. The summed E-state index contributed by atoms with van der Waals surface area (Å²) in [5.74, 6) is 0. The molecule has 0 amide bonds. The average Bonchev–Trinajstić information content (AvgIpc) is 2.63. The first-order valence-corrected chi connectivity index (χ1v) is 7.18. The van der Waals surface area contributed by atoms with Crippen molar-refractivity contribution in [3.63, 3.8) is 0 Å². The van der Waals surface area contributed by atoms with Gasteiger partial charge in [0.25, 0.3) is 0 Å². The van der Waals surface area contributed by atoms with Crippen LogP contribution in [0.1, 0.15) is 44.4 Å². The molecule has 2 N–H and O–H groups in total. The predicted molar refractivity (Wildman–Crippen MR) is 81.3 cm³/mol. The van der Waals surface area contributed by atoms with Crippen molar-refractivity contribution in [2.24, 2.45) is 5.41 Å². The molecule has 18 heavy (non-hydrogen) atoms. The van der Waals surface area contributed by atoms with Crippen molar-refractivity contribution in [1.82, 2.24) is 9.88 Å². The monoisotopic (exact) mass is 289 g/mol. The Balaban J connectivity index is 0.00000162. The fourth-order valence-corrected chi connectivity index (χ4v) is 3.34. The van der Waals surface area contributed by atoms with Crippen LogP contribution in [0.25, 0.3) is 0 Å². The summed E-state index contributed by atoms with van der Waals surface area (Å²) in [5.41, 5.74) is 6.21. The zero-order valence-corrected chi connectivity index (χ0v) is 13.1. The normalized spacial score (nSPS) is 19.8. The maximum atomic E-state index is 5.66. The highest BCUT2D eigenvalue weighted by Gasteiger charge is 2.28. The topological polar surface area (TPSA) is 42.2 Å². The lowest BCUT2D eigenvalue weighted by Gasteiger charge is -2.38. The van der Waals surface area contributed by atoms with Crippen molar-refractivity contribution in [2.75, 3.05) is 12.8 Å². The molecule has 0 spiro atoms. The van der Waals surface area contributed by atoms with E-state index in [9.17, 15) is 0 Å². The van der Waals surface area contributed by atoms with Gasteiger partial charge in [0.2, 0.25) is 0 Å². The number of nitrogens with two attached hydrogens (primary N) is 1. The fourth-order valence-electron chi connectivity index (χ4n) is 2.60. The Hall–Kier alpha value is -0.320. The van der Waals surface area contributed by atoms with Crippen molar-refractivity contribution in [1.29, 1.82) is 0 Å². The minimum absolute atomic E-state index is 0. The van der Waals surface area contributed by atoms with Gasteiger partial charge in [-0.2, -0.15) is 0 Å². The first kappa shape index (κ1) is 15.7. The van der Waals surface area contributed by atoms with Crippen LogP contribution in [0.5, 0.6) is 0 Å². The summed E-state index contributed by atoms with van der Waals surface area (Å²) in [6.45, 7) is 5.75. The van der Waals surface area contributed by atoms with E-state index in [1.165, 1.54) is 30.6 Å². The Morgan fingerprint density at radius 3 is 2.56 bits per heavy atom. The van der Waals surface area contributed by atoms with E-state index in [1.54, 1.807) is 11.3 Å². The van der Waals surface area contributed by atoms with E-state index in [4.69, 9.17) is 5.73 Å². The molecule has 1 aliphatic carbocycles. The highest BCUT2D eigenvalue weighted by molar-refractivity contribution is 7.15. The Morgan fingerprint density at radius 1 is 1.44 bits per heavy atom. The highest BCUT2D eigenvalue weighted by Crippen LogP contribution is 2.37. The quantitative estimate of drug-likeness (QED) is 0.925. The van der Waals surface area contributed by atoms with E-state index in [2.05, 4.69) is 30.8 Å². The number of nitrogens with zero attached hydrogens (tertiary/aromatic N) is 2. The standard InChI is InChI=1S/C13H23N3S.ClH/c1-13(2)6-4-10(5-7-13)16(3)9-11-8-15-12(14)17-11;/h8,10H,4-7,9H2,1-3H3,(H2,14,15);1H. The molecular weight excluding hydrogens is 266 g/mol. The van der Waals surface area contributed by atoms with Gasteiger partial charge >= 0.3 is 0 Å². The van der Waals surface area contributed by atoms with E-state index in [1.807, 2.05) is 6.20 Å². The van der Waals surface area contributed by atoms with E-state index in [-0.39, 0.29) is 12.4 Å². The molecule has 3 nitrogen and oxygen atoms in total. The fraction of sp³-hybridized carbons (Fsp3) is 0.769. The number of thiazole rings is 1. The summed E-state index contributed by atoms with van der Waals surface area (Å²) in [6.07, 6.45) is 7.22. The van der Waals surface area contributed by atoms with E-state index < -0.39 is 0 Å². The van der Waals surface area contributed by atoms with Crippen LogP contribution in [0.15, 0.2) is 6.20 Å². The lowest BCUT2D eigenvalue weighted by Crippen LogP contribution is -2.36. The van der Waals surface area contributed by atoms with Crippen LogP contribution in [0.2, 0.25) is 0 Å². The second kappa shape index (κ2) is 6.22. The maximum absolute atomic E-state index is 5.66. The van der Waals surface area contributed by atoms with E-state index >= 15 is 0 Å². The first-order chi connectivity index (χ1) is 7.96. The summed E-state index contributed by atoms with van der Waals surface area (Å²) < 4.78 is 0. The van der Waals surface area contributed by atoms with Crippen LogP contribution in [-0.2, 0) is 6.54 Å². The van der Waals surface area contributed by atoms with E-state index in [0.29, 0.717) is 10.5 Å². The summed E-state index contributed by atoms with van der Waals surface area (Å²) in [6, 6.07) is 0.728. The van der Waals surface area contributed by atoms with Crippen LogP contribution in [0.4, 0.5) is 5.13 Å². The highest BCUT2D eigenvalue weighted by atomic mass is 35.5. The molecule has 0 unspecified atom stereocenters. The SMILES string of the molecule is CN(Cc1cnc(N)s1)C1CCC(C)(C)CC1.Cl. The van der Waals surface area contributed by atoms with Crippen molar-refractivity contribution in [3.8, 4) is 0 Å². The number of rotatable bonds is 3. The number of halogens is 1. The Kier molecular flexibility index (Phi) is 5.44. The molecule has 1 heterocycles. The van der Waals surface area contributed by atoms with Crippen molar-refractivity contribution >= 4 is 28.9 Å². The molecule has 0 bridgehead atoms. The second-order valence-corrected chi connectivity index (χ2v) is 7.12. The van der Waals surface area contributed by atoms with Gasteiger partial charge in [0.05, 0.1) is 0 Å². The Bertz CT molecular complexity index is 368. The van der Waals surface area contributed by atoms with Gasteiger partial charge in [-0.3, -0.25) is 4.90 Å². The largest absolute Gasteiger partial charge is 0.375 e. The lowest BCUT2D eigenvalue weighted by atomic mass is 9.75. The van der Waals surface area contributed by atoms with Gasteiger partial charge < -0.3 is 5.73 Å². The number of hydrogen-bond acceptors (Lipinski definition) is 4.